The molecule has 0 saturated heterocycles. The van der Waals surface area contributed by atoms with Crippen molar-refractivity contribution in [1.29, 1.82) is 5.26 Å². The highest BCUT2D eigenvalue weighted by Gasteiger charge is 2.49. The van der Waals surface area contributed by atoms with Crippen molar-refractivity contribution in [2.45, 2.75) is 12.3 Å². The Bertz CT molecular complexity index is 1820. The fraction of sp³-hybridized carbons (Fsp3) is 0.0606. The predicted octanol–water partition coefficient (Wildman–Crippen LogP) is 7.83. The summed E-state index contributed by atoms with van der Waals surface area (Å²) in [5.41, 5.74) is 9.90. The van der Waals surface area contributed by atoms with Crippen LogP contribution in [0.5, 0.6) is 0 Å². The number of benzene rings is 4. The van der Waals surface area contributed by atoms with Gasteiger partial charge in [-0.05, 0) is 65.1 Å². The van der Waals surface area contributed by atoms with Crippen LogP contribution in [0.3, 0.4) is 0 Å². The minimum Gasteiger partial charge on any atom is -0.309 e. The van der Waals surface area contributed by atoms with Crippen molar-refractivity contribution < 1.29 is 0 Å². The van der Waals surface area contributed by atoms with E-state index < -0.39 is 5.41 Å². The molecule has 1 atom stereocenters. The first kappa shape index (κ1) is 19.8. The van der Waals surface area contributed by atoms with Crippen molar-refractivity contribution in [2.24, 2.45) is 0 Å². The fourth-order valence-electron chi connectivity index (χ4n) is 6.25. The SMILES string of the molecule is C/C=C\C=C/C1=Cc2ccc(C#N)cc2C12c1ccccc1-n1c3ccccc3c3cccc2c31. The molecule has 2 heteroatoms. The van der Waals surface area contributed by atoms with Gasteiger partial charge in [0.25, 0.3) is 0 Å². The Hall–Kier alpha value is -4.61. The molecule has 5 aromatic rings. The zero-order valence-corrected chi connectivity index (χ0v) is 19.4. The van der Waals surface area contributed by atoms with E-state index in [4.69, 9.17) is 0 Å². The van der Waals surface area contributed by atoms with E-state index >= 15 is 0 Å². The second kappa shape index (κ2) is 7.19. The van der Waals surface area contributed by atoms with Crippen LogP contribution >= 0.6 is 0 Å². The summed E-state index contributed by atoms with van der Waals surface area (Å²) in [6.45, 7) is 2.03. The van der Waals surface area contributed by atoms with Crippen molar-refractivity contribution in [3.05, 3.63) is 143 Å². The molecule has 0 fully saturated rings. The maximum Gasteiger partial charge on any atom is 0.0991 e. The van der Waals surface area contributed by atoms with E-state index in [1.807, 2.05) is 19.1 Å². The average Bonchev–Trinajstić information content (AvgIpc) is 3.41. The van der Waals surface area contributed by atoms with Gasteiger partial charge >= 0.3 is 0 Å². The minimum absolute atomic E-state index is 0.499. The number of aromatic nitrogens is 1. The van der Waals surface area contributed by atoms with Crippen molar-refractivity contribution >= 4 is 27.9 Å². The van der Waals surface area contributed by atoms with Gasteiger partial charge in [0.05, 0.1) is 33.8 Å². The summed E-state index contributed by atoms with van der Waals surface area (Å²) >= 11 is 0. The third-order valence-electron chi connectivity index (χ3n) is 7.56. The van der Waals surface area contributed by atoms with Crippen LogP contribution in [0.2, 0.25) is 0 Å². The van der Waals surface area contributed by atoms with Gasteiger partial charge in [-0.25, -0.2) is 0 Å². The molecule has 1 aliphatic heterocycles. The third-order valence-corrected chi connectivity index (χ3v) is 7.56. The first-order chi connectivity index (χ1) is 17.3. The molecule has 35 heavy (non-hydrogen) atoms. The van der Waals surface area contributed by atoms with Gasteiger partial charge in [-0.2, -0.15) is 5.26 Å². The smallest absolute Gasteiger partial charge is 0.0991 e. The highest BCUT2D eigenvalue weighted by molar-refractivity contribution is 6.12. The molecule has 0 saturated carbocycles. The molecular weight excluding hydrogens is 424 g/mol. The van der Waals surface area contributed by atoms with E-state index in [9.17, 15) is 5.26 Å². The Labute approximate surface area is 204 Å². The molecule has 0 amide bonds. The summed E-state index contributed by atoms with van der Waals surface area (Å²) < 4.78 is 2.43. The van der Waals surface area contributed by atoms with Gasteiger partial charge in [0.2, 0.25) is 0 Å². The van der Waals surface area contributed by atoms with Crippen molar-refractivity contribution in [2.75, 3.05) is 0 Å². The zero-order valence-electron chi connectivity index (χ0n) is 19.4. The highest BCUT2D eigenvalue weighted by atomic mass is 15.0. The van der Waals surface area contributed by atoms with Crippen molar-refractivity contribution in [3.8, 4) is 11.8 Å². The molecule has 0 radical (unpaired) electrons. The average molecular weight is 447 g/mol. The van der Waals surface area contributed by atoms with Crippen molar-refractivity contribution in [1.82, 2.24) is 4.57 Å². The van der Waals surface area contributed by atoms with E-state index in [1.165, 1.54) is 55.3 Å². The zero-order chi connectivity index (χ0) is 23.6. The fourth-order valence-corrected chi connectivity index (χ4v) is 6.25. The molecule has 164 valence electrons. The number of para-hydroxylation sites is 3. The summed E-state index contributed by atoms with van der Waals surface area (Å²) in [6.07, 6.45) is 10.8. The first-order valence-corrected chi connectivity index (χ1v) is 12.0. The molecule has 2 heterocycles. The Morgan fingerprint density at radius 3 is 2.49 bits per heavy atom. The van der Waals surface area contributed by atoms with Crippen LogP contribution in [0.15, 0.2) is 115 Å². The molecular formula is C33H22N2. The molecule has 2 nitrogen and oxygen atoms in total. The molecule has 2 aliphatic rings. The largest absolute Gasteiger partial charge is 0.309 e. The van der Waals surface area contributed by atoms with Gasteiger partial charge in [-0.3, -0.25) is 0 Å². The van der Waals surface area contributed by atoms with E-state index in [2.05, 4.69) is 114 Å². The van der Waals surface area contributed by atoms with Gasteiger partial charge in [0, 0.05) is 10.8 Å². The summed E-state index contributed by atoms with van der Waals surface area (Å²) in [6, 6.07) is 32.6. The molecule has 1 spiro atoms. The number of allylic oxidation sites excluding steroid dienone is 5. The van der Waals surface area contributed by atoms with Crippen LogP contribution < -0.4 is 0 Å². The molecule has 0 N–H and O–H groups in total. The monoisotopic (exact) mass is 446 g/mol. The lowest BCUT2D eigenvalue weighted by atomic mass is 9.64. The Morgan fingerprint density at radius 2 is 1.60 bits per heavy atom. The summed E-state index contributed by atoms with van der Waals surface area (Å²) in [5.74, 6) is 0. The van der Waals surface area contributed by atoms with Gasteiger partial charge in [0.1, 0.15) is 0 Å². The lowest BCUT2D eigenvalue weighted by Crippen LogP contribution is -2.34. The Kier molecular flexibility index (Phi) is 4.07. The van der Waals surface area contributed by atoms with E-state index in [0.29, 0.717) is 5.56 Å². The molecule has 1 aromatic heterocycles. The normalized spacial score (nSPS) is 17.9. The summed E-state index contributed by atoms with van der Waals surface area (Å²) in [5, 5.41) is 12.3. The van der Waals surface area contributed by atoms with E-state index in [1.54, 1.807) is 0 Å². The van der Waals surface area contributed by atoms with Gasteiger partial charge < -0.3 is 4.57 Å². The first-order valence-electron chi connectivity index (χ1n) is 12.0. The predicted molar refractivity (Wildman–Crippen MR) is 144 cm³/mol. The molecule has 1 aliphatic carbocycles. The Morgan fingerprint density at radius 1 is 0.800 bits per heavy atom. The maximum absolute atomic E-state index is 9.80. The topological polar surface area (TPSA) is 28.7 Å². The van der Waals surface area contributed by atoms with Crippen molar-refractivity contribution in [3.63, 3.8) is 0 Å². The summed E-state index contributed by atoms with van der Waals surface area (Å²) in [4.78, 5) is 0. The van der Waals surface area contributed by atoms with Crippen LogP contribution in [0, 0.1) is 11.3 Å². The second-order valence-electron chi connectivity index (χ2n) is 9.22. The van der Waals surface area contributed by atoms with Gasteiger partial charge in [-0.1, -0.05) is 85.0 Å². The van der Waals surface area contributed by atoms with Gasteiger partial charge in [0.15, 0.2) is 0 Å². The lowest BCUT2D eigenvalue weighted by Gasteiger charge is -2.40. The lowest BCUT2D eigenvalue weighted by molar-refractivity contribution is 0.742. The highest BCUT2D eigenvalue weighted by Crippen LogP contribution is 2.58. The van der Waals surface area contributed by atoms with Crippen LogP contribution in [-0.2, 0) is 5.41 Å². The maximum atomic E-state index is 9.80. The van der Waals surface area contributed by atoms with Crippen LogP contribution in [-0.4, -0.2) is 4.57 Å². The van der Waals surface area contributed by atoms with Crippen LogP contribution in [0.4, 0.5) is 0 Å². The number of hydrogen-bond donors (Lipinski definition) is 0. The number of rotatable bonds is 2. The Balaban J connectivity index is 1.72. The van der Waals surface area contributed by atoms with Crippen LogP contribution in [0.1, 0.15) is 34.7 Å². The molecule has 1 unspecified atom stereocenters. The molecule has 4 aromatic carbocycles. The number of fused-ring (bicyclic) bond motifs is 9. The standard InChI is InChI=1S/C33H22N2/c1-2-3-4-10-24-20-23-18-17-22(21-34)19-29(23)33(24)27-13-6-8-16-31(27)35-30-15-7-5-11-25(30)26-12-9-14-28(33)32(26)35/h2-20H,1H3/b3-2-,10-4-. The van der Waals surface area contributed by atoms with Gasteiger partial charge in [-0.15, -0.1) is 0 Å². The van der Waals surface area contributed by atoms with E-state index in [0.717, 1.165) is 0 Å². The quantitative estimate of drug-likeness (QED) is 0.254. The van der Waals surface area contributed by atoms with E-state index in [-0.39, 0.29) is 0 Å². The third kappa shape index (κ3) is 2.42. The number of nitriles is 1. The number of nitrogens with zero attached hydrogens (tertiary/aromatic N) is 2. The second-order valence-corrected chi connectivity index (χ2v) is 9.22. The van der Waals surface area contributed by atoms with Crippen LogP contribution in [0.25, 0.3) is 33.6 Å². The minimum atomic E-state index is -0.499. The molecule has 7 rings (SSSR count). The number of hydrogen-bond acceptors (Lipinski definition) is 1. The summed E-state index contributed by atoms with van der Waals surface area (Å²) in [7, 11) is 0. The molecule has 0 bridgehead atoms.